The van der Waals surface area contributed by atoms with E-state index in [1.165, 1.54) is 0 Å². The third-order valence-electron chi connectivity index (χ3n) is 2.62. The summed E-state index contributed by atoms with van der Waals surface area (Å²) >= 11 is 0. The van der Waals surface area contributed by atoms with Crippen molar-refractivity contribution < 1.29 is 26.8 Å². The van der Waals surface area contributed by atoms with Crippen LogP contribution in [-0.4, -0.2) is 39.5 Å². The van der Waals surface area contributed by atoms with E-state index in [-0.39, 0.29) is 31.5 Å². The quantitative estimate of drug-likeness (QED) is 0.538. The van der Waals surface area contributed by atoms with Gasteiger partial charge in [-0.2, -0.15) is 0 Å². The van der Waals surface area contributed by atoms with E-state index < -0.39 is 33.3 Å². The molecule has 0 atom stereocenters. The first-order valence-corrected chi connectivity index (χ1v) is 8.28. The SMILES string of the molecule is CS(=O)(=O)NCCNC(=O)CCC(=O)c1ccc(F)cc1F. The lowest BCUT2D eigenvalue weighted by molar-refractivity contribution is -0.121. The molecule has 1 aromatic carbocycles. The number of hydrogen-bond acceptors (Lipinski definition) is 4. The van der Waals surface area contributed by atoms with Crippen molar-refractivity contribution in [3.8, 4) is 0 Å². The molecular formula is C13H16F2N2O4S. The number of ketones is 1. The Labute approximate surface area is 127 Å². The summed E-state index contributed by atoms with van der Waals surface area (Å²) in [6.45, 7) is 0.107. The third-order valence-corrected chi connectivity index (χ3v) is 3.35. The number of sulfonamides is 1. The molecule has 6 nitrogen and oxygen atoms in total. The van der Waals surface area contributed by atoms with Crippen molar-refractivity contribution in [1.82, 2.24) is 10.0 Å². The van der Waals surface area contributed by atoms with Gasteiger partial charge in [0.15, 0.2) is 5.78 Å². The molecule has 0 unspecified atom stereocenters. The first kappa shape index (κ1) is 18.2. The van der Waals surface area contributed by atoms with E-state index in [4.69, 9.17) is 0 Å². The Morgan fingerprint density at radius 2 is 1.82 bits per heavy atom. The first-order chi connectivity index (χ1) is 10.2. The summed E-state index contributed by atoms with van der Waals surface area (Å²) in [6, 6.07) is 2.60. The molecule has 1 amide bonds. The second-order valence-corrected chi connectivity index (χ2v) is 6.40. The molecule has 2 N–H and O–H groups in total. The summed E-state index contributed by atoms with van der Waals surface area (Å²) in [6.07, 6.45) is 0.590. The highest BCUT2D eigenvalue weighted by molar-refractivity contribution is 7.88. The Kier molecular flexibility index (Phi) is 6.57. The summed E-state index contributed by atoms with van der Waals surface area (Å²) in [7, 11) is -3.32. The maximum absolute atomic E-state index is 13.4. The number of nitrogens with one attached hydrogen (secondary N) is 2. The number of hydrogen-bond donors (Lipinski definition) is 2. The Balaban J connectivity index is 2.36. The number of carbonyl (C=O) groups is 2. The lowest BCUT2D eigenvalue weighted by Crippen LogP contribution is -2.34. The van der Waals surface area contributed by atoms with Gasteiger partial charge in [0.2, 0.25) is 15.9 Å². The molecule has 0 bridgehead atoms. The van der Waals surface area contributed by atoms with Crippen molar-refractivity contribution in [2.75, 3.05) is 19.3 Å². The maximum atomic E-state index is 13.4. The largest absolute Gasteiger partial charge is 0.355 e. The summed E-state index contributed by atoms with van der Waals surface area (Å²) in [5.41, 5.74) is -0.270. The highest BCUT2D eigenvalue weighted by Gasteiger charge is 2.14. The van der Waals surface area contributed by atoms with Crippen LogP contribution < -0.4 is 10.0 Å². The Morgan fingerprint density at radius 1 is 1.14 bits per heavy atom. The van der Waals surface area contributed by atoms with Gasteiger partial charge in [-0.15, -0.1) is 0 Å². The molecule has 0 aliphatic carbocycles. The van der Waals surface area contributed by atoms with Gasteiger partial charge in [0, 0.05) is 32.0 Å². The van der Waals surface area contributed by atoms with Crippen LogP contribution in [0.3, 0.4) is 0 Å². The fourth-order valence-corrected chi connectivity index (χ4v) is 2.08. The Hall–Kier alpha value is -1.87. The Bertz CT molecular complexity index is 662. The summed E-state index contributed by atoms with van der Waals surface area (Å²) in [5.74, 6) is -2.83. The molecule has 0 fully saturated rings. The van der Waals surface area contributed by atoms with Crippen LogP contribution in [0.1, 0.15) is 23.2 Å². The first-order valence-electron chi connectivity index (χ1n) is 6.38. The van der Waals surface area contributed by atoms with Crippen molar-refractivity contribution >= 4 is 21.7 Å². The molecule has 122 valence electrons. The van der Waals surface area contributed by atoms with Crippen LogP contribution in [0.25, 0.3) is 0 Å². The number of carbonyl (C=O) groups excluding carboxylic acids is 2. The van der Waals surface area contributed by atoms with Gasteiger partial charge in [0.25, 0.3) is 0 Å². The predicted molar refractivity (Wildman–Crippen MR) is 75.8 cm³/mol. The summed E-state index contributed by atoms with van der Waals surface area (Å²) < 4.78 is 49.8. The number of amides is 1. The van der Waals surface area contributed by atoms with Gasteiger partial charge in [-0.05, 0) is 12.1 Å². The molecule has 22 heavy (non-hydrogen) atoms. The summed E-state index contributed by atoms with van der Waals surface area (Å²) in [5, 5.41) is 2.41. The molecule has 0 heterocycles. The number of rotatable bonds is 8. The minimum Gasteiger partial charge on any atom is -0.355 e. The predicted octanol–water partition coefficient (Wildman–Crippen LogP) is 0.593. The number of Topliss-reactive ketones (excluding diaryl/α,β-unsaturated/α-hetero) is 1. The van der Waals surface area contributed by atoms with E-state index in [2.05, 4.69) is 10.0 Å². The minimum absolute atomic E-state index is 0.0328. The number of benzene rings is 1. The van der Waals surface area contributed by atoms with Gasteiger partial charge in [0.1, 0.15) is 11.6 Å². The highest BCUT2D eigenvalue weighted by Crippen LogP contribution is 2.12. The van der Waals surface area contributed by atoms with Crippen LogP contribution in [0.15, 0.2) is 18.2 Å². The van der Waals surface area contributed by atoms with Crippen molar-refractivity contribution in [1.29, 1.82) is 0 Å². The molecule has 0 aliphatic heterocycles. The second-order valence-electron chi connectivity index (χ2n) is 4.56. The van der Waals surface area contributed by atoms with Crippen molar-refractivity contribution in [3.05, 3.63) is 35.4 Å². The molecule has 0 saturated carbocycles. The normalized spacial score (nSPS) is 11.2. The zero-order chi connectivity index (χ0) is 16.8. The van der Waals surface area contributed by atoms with Crippen molar-refractivity contribution in [3.63, 3.8) is 0 Å². The zero-order valence-electron chi connectivity index (χ0n) is 11.9. The van der Waals surface area contributed by atoms with E-state index in [0.29, 0.717) is 6.07 Å². The lowest BCUT2D eigenvalue weighted by atomic mass is 10.1. The molecule has 1 rings (SSSR count). The maximum Gasteiger partial charge on any atom is 0.220 e. The standard InChI is InChI=1S/C13H16F2N2O4S/c1-22(20,21)17-7-6-16-13(19)5-4-12(18)10-3-2-9(14)8-11(10)15/h2-3,8,17H,4-7H2,1H3,(H,16,19). The van der Waals surface area contributed by atoms with Gasteiger partial charge in [-0.25, -0.2) is 21.9 Å². The van der Waals surface area contributed by atoms with E-state index in [1.807, 2.05) is 0 Å². The van der Waals surface area contributed by atoms with Gasteiger partial charge < -0.3 is 5.32 Å². The molecule has 0 aromatic heterocycles. The molecule has 0 radical (unpaired) electrons. The van der Waals surface area contributed by atoms with Crippen LogP contribution in [0.4, 0.5) is 8.78 Å². The van der Waals surface area contributed by atoms with Gasteiger partial charge >= 0.3 is 0 Å². The smallest absolute Gasteiger partial charge is 0.220 e. The average Bonchev–Trinajstić information content (AvgIpc) is 2.40. The van der Waals surface area contributed by atoms with Crippen molar-refractivity contribution in [2.24, 2.45) is 0 Å². The molecule has 0 spiro atoms. The van der Waals surface area contributed by atoms with Gasteiger partial charge in [-0.3, -0.25) is 9.59 Å². The van der Waals surface area contributed by atoms with E-state index in [0.717, 1.165) is 18.4 Å². The second kappa shape index (κ2) is 7.95. The van der Waals surface area contributed by atoms with Gasteiger partial charge in [0.05, 0.1) is 11.8 Å². The minimum atomic E-state index is -3.32. The molecule has 0 saturated heterocycles. The molecule has 0 aliphatic rings. The topological polar surface area (TPSA) is 92.3 Å². The van der Waals surface area contributed by atoms with Crippen LogP contribution in [-0.2, 0) is 14.8 Å². The van der Waals surface area contributed by atoms with Crippen LogP contribution in [0.5, 0.6) is 0 Å². The Morgan fingerprint density at radius 3 is 2.41 bits per heavy atom. The molecular weight excluding hydrogens is 318 g/mol. The number of halogens is 2. The van der Waals surface area contributed by atoms with Gasteiger partial charge in [-0.1, -0.05) is 0 Å². The third kappa shape index (κ3) is 6.72. The van der Waals surface area contributed by atoms with Crippen LogP contribution in [0, 0.1) is 11.6 Å². The van der Waals surface area contributed by atoms with Crippen LogP contribution in [0.2, 0.25) is 0 Å². The highest BCUT2D eigenvalue weighted by atomic mass is 32.2. The average molecular weight is 334 g/mol. The molecule has 9 heteroatoms. The zero-order valence-corrected chi connectivity index (χ0v) is 12.7. The monoisotopic (exact) mass is 334 g/mol. The molecule has 1 aromatic rings. The fraction of sp³-hybridized carbons (Fsp3) is 0.385. The fourth-order valence-electron chi connectivity index (χ4n) is 1.60. The van der Waals surface area contributed by atoms with Crippen molar-refractivity contribution in [2.45, 2.75) is 12.8 Å². The van der Waals surface area contributed by atoms with Crippen LogP contribution >= 0.6 is 0 Å². The van der Waals surface area contributed by atoms with E-state index in [9.17, 15) is 26.8 Å². The lowest BCUT2D eigenvalue weighted by Gasteiger charge is -2.06. The summed E-state index contributed by atoms with van der Waals surface area (Å²) in [4.78, 5) is 23.2. The van der Waals surface area contributed by atoms with E-state index in [1.54, 1.807) is 0 Å². The van der Waals surface area contributed by atoms with E-state index >= 15 is 0 Å².